The van der Waals surface area contributed by atoms with Gasteiger partial charge >= 0.3 is 12.1 Å². The van der Waals surface area contributed by atoms with E-state index in [1.807, 2.05) is 0 Å². The Bertz CT molecular complexity index is 1010. The third-order valence-corrected chi connectivity index (χ3v) is 4.70. The van der Waals surface area contributed by atoms with E-state index in [0.29, 0.717) is 0 Å². The number of rotatable bonds is 11. The maximum atomic E-state index is 12.6. The van der Waals surface area contributed by atoms with Crippen LogP contribution in [0.25, 0.3) is 0 Å². The zero-order valence-electron chi connectivity index (χ0n) is 18.6. The summed E-state index contributed by atoms with van der Waals surface area (Å²) in [7, 11) is 2.46. The first-order valence-corrected chi connectivity index (χ1v) is 10.1. The standard InChI is InChI=1S/C22H25N3O9/c1-32-19-9-8-16(25(30)31)10-15(19)11-17(21(28)33-2)23-20(27)18(12-26)24-22(29)34-13-14-6-4-3-5-7-14/h3-10,17-18,26H,11-13H2,1-2H3,(H,23,27)(H,24,29)/t17-,18-/m0/s1. The lowest BCUT2D eigenvalue weighted by molar-refractivity contribution is -0.384. The molecule has 0 aromatic heterocycles. The van der Waals surface area contributed by atoms with E-state index in [-0.39, 0.29) is 30.0 Å². The van der Waals surface area contributed by atoms with Gasteiger partial charge in [0, 0.05) is 24.1 Å². The Labute approximate surface area is 195 Å². The molecule has 2 aromatic rings. The highest BCUT2D eigenvalue weighted by molar-refractivity contribution is 5.90. The molecule has 0 heterocycles. The average molecular weight is 475 g/mol. The molecule has 0 aliphatic heterocycles. The van der Waals surface area contributed by atoms with Crippen LogP contribution in [0.15, 0.2) is 48.5 Å². The van der Waals surface area contributed by atoms with Crippen molar-refractivity contribution in [2.24, 2.45) is 0 Å². The van der Waals surface area contributed by atoms with Gasteiger partial charge < -0.3 is 30.0 Å². The Morgan fingerprint density at radius 3 is 2.35 bits per heavy atom. The highest BCUT2D eigenvalue weighted by Gasteiger charge is 2.29. The van der Waals surface area contributed by atoms with E-state index in [4.69, 9.17) is 14.2 Å². The summed E-state index contributed by atoms with van der Waals surface area (Å²) in [6.45, 7) is -0.829. The van der Waals surface area contributed by atoms with Gasteiger partial charge in [-0.25, -0.2) is 9.59 Å². The van der Waals surface area contributed by atoms with Gasteiger partial charge in [-0.3, -0.25) is 14.9 Å². The van der Waals surface area contributed by atoms with Crippen LogP contribution in [0.3, 0.4) is 0 Å². The van der Waals surface area contributed by atoms with Crippen molar-refractivity contribution < 1.29 is 38.6 Å². The molecule has 0 saturated carbocycles. The number of carbonyl (C=O) groups excluding carboxylic acids is 3. The van der Waals surface area contributed by atoms with E-state index < -0.39 is 41.6 Å². The van der Waals surface area contributed by atoms with E-state index in [0.717, 1.165) is 12.7 Å². The van der Waals surface area contributed by atoms with Crippen LogP contribution in [-0.2, 0) is 32.1 Å². The molecule has 34 heavy (non-hydrogen) atoms. The predicted molar refractivity (Wildman–Crippen MR) is 118 cm³/mol. The molecule has 12 heteroatoms. The highest BCUT2D eigenvalue weighted by Crippen LogP contribution is 2.25. The fraction of sp³-hybridized carbons (Fsp3) is 0.318. The number of non-ortho nitro benzene ring substituents is 1. The summed E-state index contributed by atoms with van der Waals surface area (Å²) in [6, 6.07) is 9.92. The Morgan fingerprint density at radius 2 is 1.76 bits per heavy atom. The number of nitro benzene ring substituents is 1. The summed E-state index contributed by atoms with van der Waals surface area (Å²) in [5.74, 6) is -1.47. The molecule has 0 saturated heterocycles. The normalized spacial score (nSPS) is 12.1. The second-order valence-electron chi connectivity index (χ2n) is 6.98. The molecule has 0 radical (unpaired) electrons. The third kappa shape index (κ3) is 7.45. The summed E-state index contributed by atoms with van der Waals surface area (Å²) in [4.78, 5) is 47.5. The van der Waals surface area contributed by atoms with Crippen molar-refractivity contribution in [2.45, 2.75) is 25.1 Å². The number of nitro groups is 1. The molecule has 0 aliphatic carbocycles. The van der Waals surface area contributed by atoms with Gasteiger partial charge in [-0.15, -0.1) is 0 Å². The summed E-state index contributed by atoms with van der Waals surface area (Å²) in [5.41, 5.74) is 0.754. The number of alkyl carbamates (subject to hydrolysis) is 1. The minimum absolute atomic E-state index is 0.0518. The van der Waals surface area contributed by atoms with Crippen molar-refractivity contribution >= 4 is 23.7 Å². The predicted octanol–water partition coefficient (Wildman–Crippen LogP) is 1.09. The van der Waals surface area contributed by atoms with Crippen LogP contribution in [0.1, 0.15) is 11.1 Å². The molecule has 182 valence electrons. The van der Waals surface area contributed by atoms with Crippen molar-refractivity contribution in [3.63, 3.8) is 0 Å². The number of ether oxygens (including phenoxy) is 3. The zero-order chi connectivity index (χ0) is 25.1. The van der Waals surface area contributed by atoms with Crippen LogP contribution in [0, 0.1) is 10.1 Å². The molecule has 3 N–H and O–H groups in total. The van der Waals surface area contributed by atoms with E-state index in [1.54, 1.807) is 30.3 Å². The molecular weight excluding hydrogens is 450 g/mol. The van der Waals surface area contributed by atoms with Crippen molar-refractivity contribution in [1.82, 2.24) is 10.6 Å². The van der Waals surface area contributed by atoms with E-state index in [2.05, 4.69) is 10.6 Å². The zero-order valence-corrected chi connectivity index (χ0v) is 18.6. The molecule has 0 unspecified atom stereocenters. The molecule has 2 amide bonds. The van der Waals surface area contributed by atoms with Crippen LogP contribution in [0.5, 0.6) is 5.75 Å². The minimum Gasteiger partial charge on any atom is -0.496 e. The number of nitrogens with zero attached hydrogens (tertiary/aromatic N) is 1. The number of esters is 1. The Hall–Kier alpha value is -4.19. The smallest absolute Gasteiger partial charge is 0.408 e. The van der Waals surface area contributed by atoms with E-state index in [1.165, 1.54) is 25.3 Å². The third-order valence-electron chi connectivity index (χ3n) is 4.70. The molecule has 0 spiro atoms. The van der Waals surface area contributed by atoms with Crippen molar-refractivity contribution in [3.05, 3.63) is 69.8 Å². The van der Waals surface area contributed by atoms with Crippen LogP contribution < -0.4 is 15.4 Å². The van der Waals surface area contributed by atoms with Gasteiger partial charge in [-0.05, 0) is 11.6 Å². The number of carbonyl (C=O) groups is 3. The van der Waals surface area contributed by atoms with Crippen LogP contribution >= 0.6 is 0 Å². The number of amides is 2. The van der Waals surface area contributed by atoms with Gasteiger partial charge in [0.25, 0.3) is 5.69 Å². The van der Waals surface area contributed by atoms with Crippen molar-refractivity contribution in [3.8, 4) is 5.75 Å². The Balaban J connectivity index is 2.08. The first-order chi connectivity index (χ1) is 16.3. The lowest BCUT2D eigenvalue weighted by atomic mass is 10.0. The summed E-state index contributed by atoms with van der Waals surface area (Å²) >= 11 is 0. The van der Waals surface area contributed by atoms with Gasteiger partial charge in [0.05, 0.1) is 25.7 Å². The van der Waals surface area contributed by atoms with Crippen LogP contribution in [-0.4, -0.2) is 60.9 Å². The molecule has 2 atom stereocenters. The topological polar surface area (TPSA) is 166 Å². The van der Waals surface area contributed by atoms with Crippen LogP contribution in [0.2, 0.25) is 0 Å². The quantitative estimate of drug-likeness (QED) is 0.245. The first kappa shape index (κ1) is 26.1. The lowest BCUT2D eigenvalue weighted by Gasteiger charge is -2.21. The molecule has 2 aromatic carbocycles. The number of benzene rings is 2. The summed E-state index contributed by atoms with van der Waals surface area (Å²) in [6.07, 6.45) is -1.16. The lowest BCUT2D eigenvalue weighted by Crippen LogP contribution is -2.54. The molecule has 2 rings (SSSR count). The van der Waals surface area contributed by atoms with Gasteiger partial charge in [0.15, 0.2) is 0 Å². The maximum absolute atomic E-state index is 12.6. The molecule has 12 nitrogen and oxygen atoms in total. The van der Waals surface area contributed by atoms with E-state index in [9.17, 15) is 29.6 Å². The molecule has 0 aliphatic rings. The Kier molecular flexibility index (Phi) is 9.77. The number of aliphatic hydroxyl groups excluding tert-OH is 1. The summed E-state index contributed by atoms with van der Waals surface area (Å²) in [5, 5.41) is 25.3. The van der Waals surface area contributed by atoms with E-state index >= 15 is 0 Å². The Morgan fingerprint density at radius 1 is 1.06 bits per heavy atom. The van der Waals surface area contributed by atoms with Crippen LogP contribution in [0.4, 0.5) is 10.5 Å². The SMILES string of the molecule is COC(=O)[C@H](Cc1cc([N+](=O)[O-])ccc1OC)NC(=O)[C@H](CO)NC(=O)OCc1ccccc1. The number of hydrogen-bond acceptors (Lipinski definition) is 9. The second-order valence-corrected chi connectivity index (χ2v) is 6.98. The molecule has 0 fully saturated rings. The average Bonchev–Trinajstić information content (AvgIpc) is 2.85. The van der Waals surface area contributed by atoms with Gasteiger partial charge in [0.1, 0.15) is 24.4 Å². The number of nitrogens with one attached hydrogen (secondary N) is 2. The van der Waals surface area contributed by atoms with Crippen molar-refractivity contribution in [1.29, 1.82) is 0 Å². The minimum atomic E-state index is -1.43. The first-order valence-electron chi connectivity index (χ1n) is 10.1. The largest absolute Gasteiger partial charge is 0.496 e. The second kappa shape index (κ2) is 12.7. The monoisotopic (exact) mass is 475 g/mol. The highest BCUT2D eigenvalue weighted by atomic mass is 16.6. The number of aliphatic hydroxyl groups is 1. The number of methoxy groups -OCH3 is 2. The number of hydrogen-bond donors (Lipinski definition) is 3. The van der Waals surface area contributed by atoms with Crippen molar-refractivity contribution in [2.75, 3.05) is 20.8 Å². The fourth-order valence-electron chi connectivity index (χ4n) is 2.97. The van der Waals surface area contributed by atoms with Gasteiger partial charge in [0.2, 0.25) is 5.91 Å². The molecule has 0 bridgehead atoms. The summed E-state index contributed by atoms with van der Waals surface area (Å²) < 4.78 is 14.9. The molecular formula is C22H25N3O9. The fourth-order valence-corrected chi connectivity index (χ4v) is 2.97. The maximum Gasteiger partial charge on any atom is 0.408 e. The van der Waals surface area contributed by atoms with Gasteiger partial charge in [-0.2, -0.15) is 0 Å². The van der Waals surface area contributed by atoms with Gasteiger partial charge in [-0.1, -0.05) is 30.3 Å².